The number of benzene rings is 2. The Kier molecular flexibility index (Phi) is 5.61. The summed E-state index contributed by atoms with van der Waals surface area (Å²) in [6.07, 6.45) is 2.58. The summed E-state index contributed by atoms with van der Waals surface area (Å²) < 4.78 is 9.90. The fourth-order valence-electron chi connectivity index (χ4n) is 2.75. The van der Waals surface area contributed by atoms with E-state index in [1.54, 1.807) is 0 Å². The maximum absolute atomic E-state index is 12.0. The number of aromatic nitrogens is 1. The molecule has 0 aliphatic carbocycles. The minimum atomic E-state index is -0.776. The summed E-state index contributed by atoms with van der Waals surface area (Å²) in [7, 11) is 1.45. The number of carbonyl (C=O) groups excluding carboxylic acids is 2. The third-order valence-electron chi connectivity index (χ3n) is 4.15. The average molecular weight is 368 g/mol. The van der Waals surface area contributed by atoms with Crippen molar-refractivity contribution < 1.29 is 24.2 Å². The molecule has 3 N–H and O–H groups in total. The number of nitrogens with one attached hydrogen (secondary N) is 2. The van der Waals surface area contributed by atoms with Gasteiger partial charge >= 0.3 is 5.97 Å². The highest BCUT2D eigenvalue weighted by atomic mass is 16.5. The number of phenols is 1. The molecular weight excluding hydrogens is 348 g/mol. The first-order valence-electron chi connectivity index (χ1n) is 8.44. The van der Waals surface area contributed by atoms with Gasteiger partial charge < -0.3 is 24.9 Å². The van der Waals surface area contributed by atoms with E-state index in [4.69, 9.17) is 9.47 Å². The monoisotopic (exact) mass is 368 g/mol. The number of H-pyrrole nitrogens is 1. The molecule has 140 valence electrons. The van der Waals surface area contributed by atoms with Crippen molar-refractivity contribution in [1.82, 2.24) is 10.3 Å². The number of fused-ring (bicyclic) bond motifs is 1. The number of hydrogen-bond acceptors (Lipinski definition) is 5. The molecule has 0 aliphatic rings. The number of amides is 1. The van der Waals surface area contributed by atoms with Gasteiger partial charge in [0.2, 0.25) is 0 Å². The van der Waals surface area contributed by atoms with Crippen molar-refractivity contribution in [2.24, 2.45) is 0 Å². The summed E-state index contributed by atoms with van der Waals surface area (Å²) in [4.78, 5) is 27.0. The molecule has 1 amide bonds. The number of aromatic hydroxyl groups is 1. The number of esters is 1. The van der Waals surface area contributed by atoms with Crippen LogP contribution < -0.4 is 10.1 Å². The molecular formula is C20H20N2O5. The van der Waals surface area contributed by atoms with Crippen molar-refractivity contribution in [3.8, 4) is 11.5 Å². The Morgan fingerprint density at radius 3 is 2.78 bits per heavy atom. The maximum atomic E-state index is 12.0. The Labute approximate surface area is 155 Å². The van der Waals surface area contributed by atoms with Crippen LogP contribution in [0.4, 0.5) is 0 Å². The standard InChI is InChI=1S/C20H20N2O5/c1-26-14-6-7-16(18(23)10-14)20(25)27-12-19(24)21-9-8-13-11-22-17-5-3-2-4-15(13)17/h2-7,10-11,22-23H,8-9,12H2,1H3,(H,21,24). The average Bonchev–Trinajstić information content (AvgIpc) is 3.09. The fraction of sp³-hybridized carbons (Fsp3) is 0.200. The van der Waals surface area contributed by atoms with Crippen LogP contribution in [0, 0.1) is 0 Å². The summed E-state index contributed by atoms with van der Waals surface area (Å²) in [5.41, 5.74) is 2.13. The van der Waals surface area contributed by atoms with Crippen molar-refractivity contribution in [3.05, 3.63) is 59.8 Å². The van der Waals surface area contributed by atoms with Gasteiger partial charge in [0.1, 0.15) is 17.1 Å². The van der Waals surface area contributed by atoms with Crippen molar-refractivity contribution >= 4 is 22.8 Å². The second-order valence-electron chi connectivity index (χ2n) is 5.92. The summed E-state index contributed by atoms with van der Waals surface area (Å²) in [6.45, 7) is 0.00417. The molecule has 2 aromatic carbocycles. The van der Waals surface area contributed by atoms with E-state index in [1.165, 1.54) is 25.3 Å². The third kappa shape index (κ3) is 4.38. The van der Waals surface area contributed by atoms with Gasteiger partial charge in [-0.3, -0.25) is 4.79 Å². The SMILES string of the molecule is COc1ccc(C(=O)OCC(=O)NCCc2c[nH]c3ccccc23)c(O)c1. The summed E-state index contributed by atoms with van der Waals surface area (Å²) in [5, 5.41) is 13.6. The highest BCUT2D eigenvalue weighted by Crippen LogP contribution is 2.24. The summed E-state index contributed by atoms with van der Waals surface area (Å²) in [5.74, 6) is -1.03. The molecule has 3 rings (SSSR count). The molecule has 0 spiro atoms. The number of methoxy groups -OCH3 is 1. The van der Waals surface area contributed by atoms with Crippen LogP contribution in [0.2, 0.25) is 0 Å². The number of aromatic amines is 1. The van der Waals surface area contributed by atoms with Gasteiger partial charge in [0.25, 0.3) is 5.91 Å². The van der Waals surface area contributed by atoms with Gasteiger partial charge in [0, 0.05) is 29.7 Å². The Morgan fingerprint density at radius 2 is 2.00 bits per heavy atom. The first kappa shape index (κ1) is 18.3. The first-order valence-corrected chi connectivity index (χ1v) is 8.44. The Hall–Kier alpha value is -3.48. The van der Waals surface area contributed by atoms with Crippen molar-refractivity contribution in [3.63, 3.8) is 0 Å². The number of rotatable bonds is 7. The molecule has 0 saturated carbocycles. The molecule has 0 radical (unpaired) electrons. The largest absolute Gasteiger partial charge is 0.507 e. The molecule has 0 atom stereocenters. The highest BCUT2D eigenvalue weighted by Gasteiger charge is 2.15. The van der Waals surface area contributed by atoms with Crippen LogP contribution in [0.1, 0.15) is 15.9 Å². The second-order valence-corrected chi connectivity index (χ2v) is 5.92. The van der Waals surface area contributed by atoms with Crippen LogP contribution in [0.3, 0.4) is 0 Å². The van der Waals surface area contributed by atoms with E-state index in [2.05, 4.69) is 10.3 Å². The molecule has 3 aromatic rings. The zero-order chi connectivity index (χ0) is 19.2. The van der Waals surface area contributed by atoms with Crippen molar-refractivity contribution in [2.75, 3.05) is 20.3 Å². The van der Waals surface area contributed by atoms with Crippen LogP contribution in [0.15, 0.2) is 48.7 Å². The fourth-order valence-corrected chi connectivity index (χ4v) is 2.75. The van der Waals surface area contributed by atoms with Gasteiger partial charge in [0.05, 0.1) is 7.11 Å². The minimum absolute atomic E-state index is 0.0256. The van der Waals surface area contributed by atoms with Crippen LogP contribution in [0.5, 0.6) is 11.5 Å². The minimum Gasteiger partial charge on any atom is -0.507 e. The van der Waals surface area contributed by atoms with Crippen LogP contribution in [-0.4, -0.2) is 42.2 Å². The molecule has 0 saturated heterocycles. The first-order chi connectivity index (χ1) is 13.1. The van der Waals surface area contributed by atoms with E-state index < -0.39 is 18.5 Å². The lowest BCUT2D eigenvalue weighted by atomic mass is 10.1. The Bertz CT molecular complexity index is 964. The lowest BCUT2D eigenvalue weighted by Crippen LogP contribution is -2.30. The van der Waals surface area contributed by atoms with Gasteiger partial charge in [-0.2, -0.15) is 0 Å². The van der Waals surface area contributed by atoms with Crippen LogP contribution in [0.25, 0.3) is 10.9 Å². The lowest BCUT2D eigenvalue weighted by Gasteiger charge is -2.08. The molecule has 1 aromatic heterocycles. The van der Waals surface area contributed by atoms with E-state index in [0.29, 0.717) is 18.7 Å². The van der Waals surface area contributed by atoms with E-state index in [0.717, 1.165) is 16.5 Å². The third-order valence-corrected chi connectivity index (χ3v) is 4.15. The molecule has 0 fully saturated rings. The normalized spacial score (nSPS) is 10.6. The molecule has 7 nitrogen and oxygen atoms in total. The molecule has 0 bridgehead atoms. The Balaban J connectivity index is 1.46. The molecule has 27 heavy (non-hydrogen) atoms. The predicted octanol–water partition coefficient (Wildman–Crippen LogP) is 2.40. The number of para-hydroxylation sites is 1. The number of phenolic OH excluding ortho intramolecular Hbond substituents is 1. The molecule has 0 aliphatic heterocycles. The van der Waals surface area contributed by atoms with Crippen LogP contribution >= 0.6 is 0 Å². The topological polar surface area (TPSA) is 101 Å². The van der Waals surface area contributed by atoms with Gasteiger partial charge in [-0.05, 0) is 30.2 Å². The van der Waals surface area contributed by atoms with E-state index in [-0.39, 0.29) is 11.3 Å². The maximum Gasteiger partial charge on any atom is 0.342 e. The summed E-state index contributed by atoms with van der Waals surface area (Å²) >= 11 is 0. The van der Waals surface area contributed by atoms with Gasteiger partial charge in [-0.1, -0.05) is 18.2 Å². The molecule has 7 heteroatoms. The van der Waals surface area contributed by atoms with Gasteiger partial charge in [-0.25, -0.2) is 4.79 Å². The zero-order valence-electron chi connectivity index (χ0n) is 14.8. The Morgan fingerprint density at radius 1 is 1.19 bits per heavy atom. The highest BCUT2D eigenvalue weighted by molar-refractivity contribution is 5.94. The van der Waals surface area contributed by atoms with E-state index >= 15 is 0 Å². The van der Waals surface area contributed by atoms with Crippen molar-refractivity contribution in [1.29, 1.82) is 0 Å². The lowest BCUT2D eigenvalue weighted by molar-refractivity contribution is -0.124. The molecule has 0 unspecified atom stereocenters. The number of ether oxygens (including phenoxy) is 2. The predicted molar refractivity (Wildman–Crippen MR) is 100.0 cm³/mol. The number of hydrogen-bond donors (Lipinski definition) is 3. The zero-order valence-corrected chi connectivity index (χ0v) is 14.8. The quantitative estimate of drug-likeness (QED) is 0.556. The molecule has 1 heterocycles. The summed E-state index contributed by atoms with van der Waals surface area (Å²) in [6, 6.07) is 12.1. The van der Waals surface area contributed by atoms with E-state index in [1.807, 2.05) is 30.5 Å². The van der Waals surface area contributed by atoms with Gasteiger partial charge in [-0.15, -0.1) is 0 Å². The second kappa shape index (κ2) is 8.27. The number of carbonyl (C=O) groups is 2. The van der Waals surface area contributed by atoms with E-state index in [9.17, 15) is 14.7 Å². The van der Waals surface area contributed by atoms with Crippen molar-refractivity contribution in [2.45, 2.75) is 6.42 Å². The van der Waals surface area contributed by atoms with Crippen LogP contribution in [-0.2, 0) is 16.0 Å². The smallest absolute Gasteiger partial charge is 0.342 e. The van der Waals surface area contributed by atoms with Gasteiger partial charge in [0.15, 0.2) is 6.61 Å².